The molecule has 1 aliphatic heterocycles. The summed E-state index contributed by atoms with van der Waals surface area (Å²) in [5, 5.41) is 0. The number of halogens is 2. The number of amides is 2. The van der Waals surface area contributed by atoms with E-state index in [2.05, 4.69) is 0 Å². The van der Waals surface area contributed by atoms with E-state index in [1.54, 1.807) is 17.0 Å². The SMILES string of the molecule is CCCC(N)C(=O)N1CCN(Cc2cccc(F)c2)C(=O)C1.Cl. The molecule has 0 saturated carbocycles. The van der Waals surface area contributed by atoms with E-state index in [4.69, 9.17) is 5.73 Å². The molecule has 1 heterocycles. The molecule has 0 bridgehead atoms. The highest BCUT2D eigenvalue weighted by atomic mass is 35.5. The van der Waals surface area contributed by atoms with Crippen LogP contribution in [0.5, 0.6) is 0 Å². The van der Waals surface area contributed by atoms with E-state index in [9.17, 15) is 14.0 Å². The van der Waals surface area contributed by atoms with E-state index in [1.807, 2.05) is 6.92 Å². The molecule has 0 radical (unpaired) electrons. The predicted octanol–water partition coefficient (Wildman–Crippen LogP) is 1.55. The molecule has 1 aliphatic rings. The summed E-state index contributed by atoms with van der Waals surface area (Å²) in [6.45, 7) is 3.29. The first-order valence-corrected chi connectivity index (χ1v) is 7.58. The van der Waals surface area contributed by atoms with Crippen molar-refractivity contribution in [3.05, 3.63) is 35.6 Å². The summed E-state index contributed by atoms with van der Waals surface area (Å²) in [4.78, 5) is 27.5. The van der Waals surface area contributed by atoms with Crippen molar-refractivity contribution >= 4 is 24.2 Å². The van der Waals surface area contributed by atoms with Gasteiger partial charge in [-0.2, -0.15) is 0 Å². The molecule has 5 nitrogen and oxygen atoms in total. The summed E-state index contributed by atoms with van der Waals surface area (Å²) in [6.07, 6.45) is 1.46. The zero-order valence-electron chi connectivity index (χ0n) is 13.2. The molecule has 2 rings (SSSR count). The molecule has 128 valence electrons. The summed E-state index contributed by atoms with van der Waals surface area (Å²) >= 11 is 0. The molecule has 1 unspecified atom stereocenters. The average molecular weight is 344 g/mol. The maximum atomic E-state index is 13.2. The molecule has 7 heteroatoms. The Labute approximate surface area is 142 Å². The van der Waals surface area contributed by atoms with Crippen LogP contribution in [0.1, 0.15) is 25.3 Å². The summed E-state index contributed by atoms with van der Waals surface area (Å²) in [5.41, 5.74) is 6.57. The molecule has 1 fully saturated rings. The number of carbonyl (C=O) groups excluding carboxylic acids is 2. The fraction of sp³-hybridized carbons (Fsp3) is 0.500. The Hall–Kier alpha value is -1.66. The van der Waals surface area contributed by atoms with Crippen LogP contribution in [0.2, 0.25) is 0 Å². The highest BCUT2D eigenvalue weighted by Crippen LogP contribution is 2.12. The van der Waals surface area contributed by atoms with Gasteiger partial charge >= 0.3 is 0 Å². The number of hydrogen-bond donors (Lipinski definition) is 1. The van der Waals surface area contributed by atoms with Crippen molar-refractivity contribution in [1.29, 1.82) is 0 Å². The molecule has 0 aliphatic carbocycles. The quantitative estimate of drug-likeness (QED) is 0.882. The van der Waals surface area contributed by atoms with Crippen molar-refractivity contribution in [2.75, 3.05) is 19.6 Å². The standard InChI is InChI=1S/C16H22FN3O2.ClH/c1-2-4-14(18)16(22)20-8-7-19(15(21)11-20)10-12-5-3-6-13(17)9-12;/h3,5-6,9,14H,2,4,7-8,10-11,18H2,1H3;1H. The van der Waals surface area contributed by atoms with Crippen LogP contribution in [0, 0.1) is 5.82 Å². The second-order valence-electron chi connectivity index (χ2n) is 5.60. The lowest BCUT2D eigenvalue weighted by Crippen LogP contribution is -2.55. The zero-order valence-corrected chi connectivity index (χ0v) is 14.0. The van der Waals surface area contributed by atoms with Gasteiger partial charge in [-0.05, 0) is 24.1 Å². The normalized spacial score (nSPS) is 16.0. The Morgan fingerprint density at radius 3 is 2.74 bits per heavy atom. The molecule has 0 spiro atoms. The van der Waals surface area contributed by atoms with Gasteiger partial charge < -0.3 is 15.5 Å². The largest absolute Gasteiger partial charge is 0.335 e. The number of rotatable bonds is 5. The van der Waals surface area contributed by atoms with Gasteiger partial charge in [0.25, 0.3) is 0 Å². The van der Waals surface area contributed by atoms with Crippen molar-refractivity contribution in [2.24, 2.45) is 5.73 Å². The van der Waals surface area contributed by atoms with Crippen LogP contribution in [-0.2, 0) is 16.1 Å². The molecular weight excluding hydrogens is 321 g/mol. The van der Waals surface area contributed by atoms with E-state index in [0.717, 1.165) is 12.0 Å². The number of benzene rings is 1. The van der Waals surface area contributed by atoms with Crippen LogP contribution in [-0.4, -0.2) is 47.3 Å². The highest BCUT2D eigenvalue weighted by molar-refractivity contribution is 5.88. The molecule has 1 aromatic carbocycles. The van der Waals surface area contributed by atoms with Gasteiger partial charge in [-0.15, -0.1) is 12.4 Å². The summed E-state index contributed by atoms with van der Waals surface area (Å²) in [6, 6.07) is 5.66. The zero-order chi connectivity index (χ0) is 16.1. The van der Waals surface area contributed by atoms with Crippen molar-refractivity contribution in [1.82, 2.24) is 9.80 Å². The van der Waals surface area contributed by atoms with Crippen LogP contribution in [0.15, 0.2) is 24.3 Å². The first kappa shape index (κ1) is 19.4. The lowest BCUT2D eigenvalue weighted by molar-refractivity contribution is -0.146. The Morgan fingerprint density at radius 1 is 1.39 bits per heavy atom. The van der Waals surface area contributed by atoms with E-state index < -0.39 is 6.04 Å². The van der Waals surface area contributed by atoms with Crippen molar-refractivity contribution in [2.45, 2.75) is 32.4 Å². The summed E-state index contributed by atoms with van der Waals surface area (Å²) in [5.74, 6) is -0.613. The molecular formula is C16H23ClFN3O2. The lowest BCUT2D eigenvalue weighted by atomic mass is 10.1. The second-order valence-corrected chi connectivity index (χ2v) is 5.60. The van der Waals surface area contributed by atoms with Crippen LogP contribution in [0.4, 0.5) is 4.39 Å². The Bertz CT molecular complexity index is 556. The number of nitrogens with zero attached hydrogens (tertiary/aromatic N) is 2. The monoisotopic (exact) mass is 343 g/mol. The molecule has 2 amide bonds. The predicted molar refractivity (Wildman–Crippen MR) is 88.5 cm³/mol. The molecule has 23 heavy (non-hydrogen) atoms. The number of nitrogens with two attached hydrogens (primary N) is 1. The van der Waals surface area contributed by atoms with Gasteiger partial charge in [0.1, 0.15) is 5.82 Å². The first-order valence-electron chi connectivity index (χ1n) is 7.58. The number of hydrogen-bond acceptors (Lipinski definition) is 3. The summed E-state index contributed by atoms with van der Waals surface area (Å²) < 4.78 is 13.2. The van der Waals surface area contributed by atoms with E-state index in [0.29, 0.717) is 26.1 Å². The molecule has 1 atom stereocenters. The van der Waals surface area contributed by atoms with Gasteiger partial charge in [0.15, 0.2) is 0 Å². The smallest absolute Gasteiger partial charge is 0.242 e. The van der Waals surface area contributed by atoms with Gasteiger partial charge in [-0.25, -0.2) is 4.39 Å². The molecule has 0 aromatic heterocycles. The third-order valence-electron chi connectivity index (χ3n) is 3.81. The van der Waals surface area contributed by atoms with Gasteiger partial charge in [-0.3, -0.25) is 9.59 Å². The first-order chi connectivity index (χ1) is 10.5. The van der Waals surface area contributed by atoms with Gasteiger partial charge in [0.05, 0.1) is 12.6 Å². The number of carbonyl (C=O) groups is 2. The van der Waals surface area contributed by atoms with Gasteiger partial charge in [0, 0.05) is 19.6 Å². The minimum Gasteiger partial charge on any atom is -0.335 e. The van der Waals surface area contributed by atoms with Crippen LogP contribution < -0.4 is 5.73 Å². The Morgan fingerprint density at radius 2 is 2.13 bits per heavy atom. The third-order valence-corrected chi connectivity index (χ3v) is 3.81. The molecule has 1 saturated heterocycles. The molecule has 2 N–H and O–H groups in total. The van der Waals surface area contributed by atoms with E-state index in [-0.39, 0.29) is 36.6 Å². The second kappa shape index (κ2) is 8.84. The fourth-order valence-electron chi connectivity index (χ4n) is 2.59. The maximum Gasteiger partial charge on any atom is 0.242 e. The van der Waals surface area contributed by atoms with Crippen molar-refractivity contribution in [3.63, 3.8) is 0 Å². The van der Waals surface area contributed by atoms with Gasteiger partial charge in [0.2, 0.25) is 11.8 Å². The van der Waals surface area contributed by atoms with Crippen LogP contribution in [0.3, 0.4) is 0 Å². The lowest BCUT2D eigenvalue weighted by Gasteiger charge is -2.35. The van der Waals surface area contributed by atoms with Crippen molar-refractivity contribution < 1.29 is 14.0 Å². The highest BCUT2D eigenvalue weighted by Gasteiger charge is 2.29. The van der Waals surface area contributed by atoms with E-state index in [1.165, 1.54) is 17.0 Å². The Balaban J connectivity index is 0.00000264. The fourth-order valence-corrected chi connectivity index (χ4v) is 2.59. The minimum atomic E-state index is -0.535. The van der Waals surface area contributed by atoms with E-state index >= 15 is 0 Å². The average Bonchev–Trinajstić information content (AvgIpc) is 2.49. The van der Waals surface area contributed by atoms with Crippen LogP contribution in [0.25, 0.3) is 0 Å². The third kappa shape index (κ3) is 5.18. The van der Waals surface area contributed by atoms with Crippen molar-refractivity contribution in [3.8, 4) is 0 Å². The van der Waals surface area contributed by atoms with Crippen LogP contribution >= 0.6 is 12.4 Å². The molecule has 1 aromatic rings. The maximum absolute atomic E-state index is 13.2. The van der Waals surface area contributed by atoms with Gasteiger partial charge in [-0.1, -0.05) is 25.5 Å². The minimum absolute atomic E-state index is 0. The Kier molecular flexibility index (Phi) is 7.45. The summed E-state index contributed by atoms with van der Waals surface area (Å²) in [7, 11) is 0. The topological polar surface area (TPSA) is 66.6 Å². The number of piperazine rings is 1.